The molecule has 0 aromatic heterocycles. The summed E-state index contributed by atoms with van der Waals surface area (Å²) in [7, 11) is 0. The number of anilines is 2. The van der Waals surface area contributed by atoms with E-state index < -0.39 is 23.2 Å². The van der Waals surface area contributed by atoms with Gasteiger partial charge in [-0.05, 0) is 49.7 Å². The summed E-state index contributed by atoms with van der Waals surface area (Å²) in [5, 5.41) is 2.94. The molecule has 7 heteroatoms. The molecule has 29 heavy (non-hydrogen) atoms. The van der Waals surface area contributed by atoms with Crippen molar-refractivity contribution in [3.8, 4) is 0 Å². The Bertz CT molecular complexity index is 1080. The standard InChI is InChI=1S/C22H18FN3O3/c23-12-7-9-13(10-8-12)26-19(27)17-16-6-3-11-25(16)22(18(17)20(26)28)14-4-1-2-5-15(14)24-21(22)29/h1-2,4-5,7-10,16-18H,3,6,11H2,(H,24,29)/t16-,17-,18-,22+/m1/s1. The number of carbonyl (C=O) groups excluding carboxylic acids is 3. The average Bonchev–Trinajstić information content (AvgIpc) is 3.41. The Morgan fingerprint density at radius 2 is 1.76 bits per heavy atom. The van der Waals surface area contributed by atoms with Crippen LogP contribution in [0.1, 0.15) is 18.4 Å². The molecule has 1 spiro atoms. The van der Waals surface area contributed by atoms with E-state index in [4.69, 9.17) is 0 Å². The van der Waals surface area contributed by atoms with Crippen molar-refractivity contribution in [1.82, 2.24) is 4.90 Å². The molecule has 0 radical (unpaired) electrons. The fraction of sp³-hybridized carbons (Fsp3) is 0.318. The molecule has 1 N–H and O–H groups in total. The molecule has 4 aliphatic heterocycles. The summed E-state index contributed by atoms with van der Waals surface area (Å²) in [5.41, 5.74) is 0.655. The third-order valence-corrected chi connectivity index (χ3v) is 6.98. The monoisotopic (exact) mass is 391 g/mol. The van der Waals surface area contributed by atoms with Crippen LogP contribution in [-0.4, -0.2) is 35.2 Å². The Kier molecular flexibility index (Phi) is 3.20. The van der Waals surface area contributed by atoms with Gasteiger partial charge in [-0.15, -0.1) is 0 Å². The van der Waals surface area contributed by atoms with E-state index in [0.29, 0.717) is 17.9 Å². The Morgan fingerprint density at radius 1 is 1.00 bits per heavy atom. The number of hydrogen-bond donors (Lipinski definition) is 1. The van der Waals surface area contributed by atoms with Crippen LogP contribution < -0.4 is 10.2 Å². The summed E-state index contributed by atoms with van der Waals surface area (Å²) >= 11 is 0. The van der Waals surface area contributed by atoms with Gasteiger partial charge < -0.3 is 5.32 Å². The minimum atomic E-state index is -1.16. The zero-order chi connectivity index (χ0) is 19.9. The highest BCUT2D eigenvalue weighted by Crippen LogP contribution is 2.60. The van der Waals surface area contributed by atoms with Gasteiger partial charge in [-0.25, -0.2) is 9.29 Å². The first kappa shape index (κ1) is 16.9. The van der Waals surface area contributed by atoms with Crippen LogP contribution in [0, 0.1) is 17.7 Å². The van der Waals surface area contributed by atoms with Crippen molar-refractivity contribution in [2.45, 2.75) is 24.4 Å². The first-order chi connectivity index (χ1) is 14.0. The Morgan fingerprint density at radius 3 is 2.55 bits per heavy atom. The fourth-order valence-corrected chi connectivity index (χ4v) is 6.00. The summed E-state index contributed by atoms with van der Waals surface area (Å²) in [6, 6.07) is 12.6. The van der Waals surface area contributed by atoms with Gasteiger partial charge in [0.05, 0.1) is 17.5 Å². The average molecular weight is 391 g/mol. The zero-order valence-corrected chi connectivity index (χ0v) is 15.5. The van der Waals surface area contributed by atoms with Crippen molar-refractivity contribution in [3.63, 3.8) is 0 Å². The van der Waals surface area contributed by atoms with Crippen molar-refractivity contribution in [3.05, 3.63) is 59.9 Å². The predicted octanol–water partition coefficient (Wildman–Crippen LogP) is 2.26. The summed E-state index contributed by atoms with van der Waals surface area (Å²) in [6.45, 7) is 0.677. The van der Waals surface area contributed by atoms with E-state index in [2.05, 4.69) is 10.2 Å². The van der Waals surface area contributed by atoms with Crippen LogP contribution in [-0.2, 0) is 19.9 Å². The van der Waals surface area contributed by atoms with Crippen LogP contribution in [0.15, 0.2) is 48.5 Å². The molecule has 0 unspecified atom stereocenters. The van der Waals surface area contributed by atoms with Crippen LogP contribution in [0.5, 0.6) is 0 Å². The second kappa shape index (κ2) is 5.51. The molecule has 2 aromatic rings. The highest BCUT2D eigenvalue weighted by Gasteiger charge is 2.74. The number of hydrogen-bond acceptors (Lipinski definition) is 4. The number of para-hydroxylation sites is 1. The van der Waals surface area contributed by atoms with Crippen molar-refractivity contribution in [1.29, 1.82) is 0 Å². The molecular weight excluding hydrogens is 373 g/mol. The number of amides is 3. The van der Waals surface area contributed by atoms with Crippen molar-refractivity contribution >= 4 is 29.1 Å². The van der Waals surface area contributed by atoms with Gasteiger partial charge in [0.1, 0.15) is 11.4 Å². The third-order valence-electron chi connectivity index (χ3n) is 6.98. The first-order valence-corrected chi connectivity index (χ1v) is 9.86. The largest absolute Gasteiger partial charge is 0.324 e. The second-order valence-electron chi connectivity index (χ2n) is 8.16. The Balaban J connectivity index is 1.55. The van der Waals surface area contributed by atoms with E-state index in [0.717, 1.165) is 23.3 Å². The Hall–Kier alpha value is -3.06. The van der Waals surface area contributed by atoms with Crippen LogP contribution in [0.3, 0.4) is 0 Å². The van der Waals surface area contributed by atoms with Crippen LogP contribution in [0.4, 0.5) is 15.8 Å². The zero-order valence-electron chi connectivity index (χ0n) is 15.5. The van der Waals surface area contributed by atoms with E-state index in [1.807, 2.05) is 24.3 Å². The maximum atomic E-state index is 13.6. The summed E-state index contributed by atoms with van der Waals surface area (Å²) < 4.78 is 13.4. The molecule has 6 rings (SSSR count). The molecule has 3 fully saturated rings. The van der Waals surface area contributed by atoms with Gasteiger partial charge in [-0.1, -0.05) is 18.2 Å². The second-order valence-corrected chi connectivity index (χ2v) is 8.16. The molecule has 0 aliphatic carbocycles. The van der Waals surface area contributed by atoms with Gasteiger partial charge in [-0.2, -0.15) is 0 Å². The SMILES string of the molecule is O=C1[C@@H]2[C@H]3CCCN3[C@]3(C(=O)Nc4ccccc43)[C@H]2C(=O)N1c1ccc(F)cc1. The fourth-order valence-electron chi connectivity index (χ4n) is 6.00. The Labute approximate surface area is 166 Å². The van der Waals surface area contributed by atoms with Gasteiger partial charge >= 0.3 is 0 Å². The number of nitrogens with one attached hydrogen (secondary N) is 1. The van der Waals surface area contributed by atoms with Gasteiger partial charge in [0.2, 0.25) is 17.7 Å². The van der Waals surface area contributed by atoms with Gasteiger partial charge in [0.15, 0.2) is 0 Å². The lowest BCUT2D eigenvalue weighted by Gasteiger charge is -2.36. The van der Waals surface area contributed by atoms with Crippen molar-refractivity contribution in [2.24, 2.45) is 11.8 Å². The van der Waals surface area contributed by atoms with E-state index in [1.54, 1.807) is 0 Å². The van der Waals surface area contributed by atoms with Gasteiger partial charge in [0.25, 0.3) is 0 Å². The number of halogens is 1. The van der Waals surface area contributed by atoms with E-state index in [9.17, 15) is 18.8 Å². The van der Waals surface area contributed by atoms with Crippen molar-refractivity contribution < 1.29 is 18.8 Å². The minimum absolute atomic E-state index is 0.154. The molecule has 2 aromatic carbocycles. The quantitative estimate of drug-likeness (QED) is 0.757. The predicted molar refractivity (Wildman–Crippen MR) is 102 cm³/mol. The van der Waals surface area contributed by atoms with Crippen LogP contribution >= 0.6 is 0 Å². The molecule has 3 amide bonds. The third kappa shape index (κ3) is 1.86. The minimum Gasteiger partial charge on any atom is -0.324 e. The van der Waals surface area contributed by atoms with E-state index in [1.165, 1.54) is 24.3 Å². The van der Waals surface area contributed by atoms with E-state index in [-0.39, 0.29) is 23.8 Å². The number of rotatable bonds is 1. The molecular formula is C22H18FN3O3. The van der Waals surface area contributed by atoms with Crippen LogP contribution in [0.2, 0.25) is 0 Å². The summed E-state index contributed by atoms with van der Waals surface area (Å²) in [4.78, 5) is 43.7. The van der Waals surface area contributed by atoms with Gasteiger partial charge in [0, 0.05) is 17.3 Å². The number of carbonyl (C=O) groups is 3. The molecule has 0 bridgehead atoms. The lowest BCUT2D eigenvalue weighted by atomic mass is 9.75. The highest BCUT2D eigenvalue weighted by molar-refractivity contribution is 6.25. The van der Waals surface area contributed by atoms with E-state index >= 15 is 0 Å². The van der Waals surface area contributed by atoms with Crippen molar-refractivity contribution in [2.75, 3.05) is 16.8 Å². The molecule has 146 valence electrons. The number of nitrogens with zero attached hydrogens (tertiary/aromatic N) is 2. The normalized spacial score (nSPS) is 32.7. The van der Waals surface area contributed by atoms with Gasteiger partial charge in [-0.3, -0.25) is 19.3 Å². The smallest absolute Gasteiger partial charge is 0.250 e. The number of benzene rings is 2. The van der Waals surface area contributed by atoms with Crippen LogP contribution in [0.25, 0.3) is 0 Å². The number of imide groups is 1. The molecule has 4 aliphatic rings. The molecule has 0 saturated carbocycles. The molecule has 6 nitrogen and oxygen atoms in total. The first-order valence-electron chi connectivity index (χ1n) is 9.86. The molecule has 3 saturated heterocycles. The maximum Gasteiger partial charge on any atom is 0.250 e. The number of fused-ring (bicyclic) bond motifs is 7. The molecule has 4 heterocycles. The lowest BCUT2D eigenvalue weighted by molar-refractivity contribution is -0.135. The molecule has 4 atom stereocenters. The summed E-state index contributed by atoms with van der Waals surface area (Å²) in [6.07, 6.45) is 1.65. The topological polar surface area (TPSA) is 69.7 Å². The lowest BCUT2D eigenvalue weighted by Crippen LogP contribution is -2.54. The summed E-state index contributed by atoms with van der Waals surface area (Å²) in [5.74, 6) is -2.71. The maximum absolute atomic E-state index is 13.6. The highest BCUT2D eigenvalue weighted by atomic mass is 19.1.